The van der Waals surface area contributed by atoms with Crippen LogP contribution >= 0.6 is 0 Å². The topological polar surface area (TPSA) is 66.1 Å². The number of aromatic amines is 1. The molecule has 0 saturated heterocycles. The van der Waals surface area contributed by atoms with Crippen LogP contribution in [0.4, 0.5) is 5.69 Å². The van der Waals surface area contributed by atoms with Crippen LogP contribution in [0.25, 0.3) is 0 Å². The van der Waals surface area contributed by atoms with Crippen molar-refractivity contribution in [1.82, 2.24) is 10.2 Å². The smallest absolute Gasteiger partial charge is 0.278 e. The summed E-state index contributed by atoms with van der Waals surface area (Å²) in [5.41, 5.74) is 1.69. The lowest BCUT2D eigenvalue weighted by Crippen LogP contribution is -2.28. The standard InChI is InChI=1S/C13H13N3O2/c1-9-5-3-4-6-11(9)16(2)13(18)10-7-8-12(17)15-14-10/h3-8H,1-2H3,(H,15,17). The Hall–Kier alpha value is -2.43. The molecule has 0 aliphatic rings. The van der Waals surface area contributed by atoms with Crippen molar-refractivity contribution < 1.29 is 4.79 Å². The summed E-state index contributed by atoms with van der Waals surface area (Å²) >= 11 is 0. The van der Waals surface area contributed by atoms with Gasteiger partial charge < -0.3 is 4.90 Å². The van der Waals surface area contributed by atoms with E-state index in [1.807, 2.05) is 31.2 Å². The summed E-state index contributed by atoms with van der Waals surface area (Å²) in [4.78, 5) is 24.6. The van der Waals surface area contributed by atoms with Crippen LogP contribution in [0, 0.1) is 6.92 Å². The lowest BCUT2D eigenvalue weighted by molar-refractivity contribution is 0.0987. The minimum absolute atomic E-state index is 0.209. The number of aromatic nitrogens is 2. The molecule has 1 aromatic carbocycles. The molecular weight excluding hydrogens is 230 g/mol. The minimum atomic E-state index is -0.329. The molecule has 0 fully saturated rings. The Balaban J connectivity index is 2.32. The third-order valence-electron chi connectivity index (χ3n) is 2.68. The maximum Gasteiger partial charge on any atom is 0.278 e. The van der Waals surface area contributed by atoms with Crippen molar-refractivity contribution in [1.29, 1.82) is 0 Å². The number of carbonyl (C=O) groups is 1. The maximum atomic E-state index is 12.2. The Bertz CT molecular complexity index is 614. The Morgan fingerprint density at radius 2 is 1.94 bits per heavy atom. The fourth-order valence-corrected chi connectivity index (χ4v) is 1.68. The van der Waals surface area contributed by atoms with E-state index in [0.29, 0.717) is 0 Å². The highest BCUT2D eigenvalue weighted by atomic mass is 16.2. The number of aryl methyl sites for hydroxylation is 1. The number of anilines is 1. The van der Waals surface area contributed by atoms with Crippen LogP contribution in [0.1, 0.15) is 16.1 Å². The van der Waals surface area contributed by atoms with Gasteiger partial charge in [-0.2, -0.15) is 5.10 Å². The van der Waals surface area contributed by atoms with E-state index in [1.165, 1.54) is 17.0 Å². The second-order valence-corrected chi connectivity index (χ2v) is 3.96. The minimum Gasteiger partial charge on any atom is -0.310 e. The first kappa shape index (κ1) is 12.0. The van der Waals surface area contributed by atoms with E-state index in [-0.39, 0.29) is 17.2 Å². The monoisotopic (exact) mass is 243 g/mol. The van der Waals surface area contributed by atoms with Gasteiger partial charge in [0.15, 0.2) is 0 Å². The highest BCUT2D eigenvalue weighted by Gasteiger charge is 2.16. The lowest BCUT2D eigenvalue weighted by Gasteiger charge is -2.18. The predicted molar refractivity (Wildman–Crippen MR) is 68.8 cm³/mol. The van der Waals surface area contributed by atoms with E-state index in [1.54, 1.807) is 7.05 Å². The van der Waals surface area contributed by atoms with E-state index < -0.39 is 0 Å². The second kappa shape index (κ2) is 4.83. The zero-order valence-corrected chi connectivity index (χ0v) is 10.2. The highest BCUT2D eigenvalue weighted by molar-refractivity contribution is 6.04. The number of benzene rings is 1. The molecule has 0 unspecified atom stereocenters. The zero-order chi connectivity index (χ0) is 13.1. The second-order valence-electron chi connectivity index (χ2n) is 3.96. The molecule has 2 aromatic rings. The van der Waals surface area contributed by atoms with Crippen LogP contribution in [0.5, 0.6) is 0 Å². The summed E-state index contributed by atoms with van der Waals surface area (Å²) in [5.74, 6) is -0.263. The molecule has 5 heteroatoms. The van der Waals surface area contributed by atoms with E-state index in [2.05, 4.69) is 10.2 Å². The largest absolute Gasteiger partial charge is 0.310 e. The van der Waals surface area contributed by atoms with Crippen molar-refractivity contribution in [2.75, 3.05) is 11.9 Å². The Morgan fingerprint density at radius 3 is 2.56 bits per heavy atom. The van der Waals surface area contributed by atoms with Crippen LogP contribution in [0.15, 0.2) is 41.2 Å². The van der Waals surface area contributed by atoms with Crippen LogP contribution in [0.3, 0.4) is 0 Å². The zero-order valence-electron chi connectivity index (χ0n) is 10.2. The van der Waals surface area contributed by atoms with Crippen molar-refractivity contribution in [3.05, 3.63) is 58.0 Å². The maximum absolute atomic E-state index is 12.2. The van der Waals surface area contributed by atoms with E-state index in [4.69, 9.17) is 0 Å². The van der Waals surface area contributed by atoms with E-state index in [0.717, 1.165) is 11.3 Å². The molecule has 0 spiro atoms. The van der Waals surface area contributed by atoms with Crippen molar-refractivity contribution in [3.8, 4) is 0 Å². The van der Waals surface area contributed by atoms with Gasteiger partial charge in [-0.25, -0.2) is 5.10 Å². The molecule has 0 aliphatic carbocycles. The molecule has 0 radical (unpaired) electrons. The number of hydrogen-bond donors (Lipinski definition) is 1. The van der Waals surface area contributed by atoms with Crippen molar-refractivity contribution in [3.63, 3.8) is 0 Å². The summed E-state index contributed by atoms with van der Waals surface area (Å²) in [7, 11) is 1.68. The molecule has 0 saturated carbocycles. The third-order valence-corrected chi connectivity index (χ3v) is 2.68. The quantitative estimate of drug-likeness (QED) is 0.866. The van der Waals surface area contributed by atoms with Gasteiger partial charge in [0.1, 0.15) is 5.69 Å². The molecule has 0 aliphatic heterocycles. The SMILES string of the molecule is Cc1ccccc1N(C)C(=O)c1ccc(=O)[nH]n1. The van der Waals surface area contributed by atoms with Gasteiger partial charge in [0, 0.05) is 18.8 Å². The molecule has 2 rings (SSSR count). The first-order valence-electron chi connectivity index (χ1n) is 5.49. The van der Waals surface area contributed by atoms with Gasteiger partial charge in [-0.05, 0) is 24.6 Å². The number of nitrogens with zero attached hydrogens (tertiary/aromatic N) is 2. The molecular formula is C13H13N3O2. The summed E-state index contributed by atoms with van der Waals surface area (Å²) in [5, 5.41) is 5.97. The Morgan fingerprint density at radius 1 is 1.22 bits per heavy atom. The molecule has 1 heterocycles. The average molecular weight is 243 g/mol. The van der Waals surface area contributed by atoms with E-state index >= 15 is 0 Å². The van der Waals surface area contributed by atoms with E-state index in [9.17, 15) is 9.59 Å². The molecule has 1 N–H and O–H groups in total. The van der Waals surface area contributed by atoms with Crippen LogP contribution in [-0.2, 0) is 0 Å². The number of H-pyrrole nitrogens is 1. The fourth-order valence-electron chi connectivity index (χ4n) is 1.68. The summed E-state index contributed by atoms with van der Waals surface area (Å²) < 4.78 is 0. The molecule has 5 nitrogen and oxygen atoms in total. The number of rotatable bonds is 2. The normalized spacial score (nSPS) is 10.1. The fraction of sp³-hybridized carbons (Fsp3) is 0.154. The van der Waals surface area contributed by atoms with Crippen molar-refractivity contribution in [2.45, 2.75) is 6.92 Å². The number of carbonyl (C=O) groups excluding carboxylic acids is 1. The van der Waals surface area contributed by atoms with Crippen LogP contribution in [-0.4, -0.2) is 23.2 Å². The van der Waals surface area contributed by atoms with Gasteiger partial charge in [-0.15, -0.1) is 0 Å². The Kier molecular flexibility index (Phi) is 3.23. The van der Waals surface area contributed by atoms with Gasteiger partial charge in [-0.1, -0.05) is 18.2 Å². The number of nitrogens with one attached hydrogen (secondary N) is 1. The summed E-state index contributed by atoms with van der Waals surface area (Å²) in [6.07, 6.45) is 0. The highest BCUT2D eigenvalue weighted by Crippen LogP contribution is 2.19. The van der Waals surface area contributed by atoms with Crippen LogP contribution in [0.2, 0.25) is 0 Å². The number of para-hydroxylation sites is 1. The van der Waals surface area contributed by atoms with Gasteiger partial charge in [-0.3, -0.25) is 9.59 Å². The van der Waals surface area contributed by atoms with Crippen molar-refractivity contribution >= 4 is 11.6 Å². The predicted octanol–water partition coefficient (Wildman–Crippen LogP) is 1.35. The molecule has 0 bridgehead atoms. The summed E-state index contributed by atoms with van der Waals surface area (Å²) in [6.45, 7) is 1.93. The Labute approximate surface area is 104 Å². The molecule has 92 valence electrons. The lowest BCUT2D eigenvalue weighted by atomic mass is 10.2. The van der Waals surface area contributed by atoms with Gasteiger partial charge >= 0.3 is 0 Å². The first-order valence-corrected chi connectivity index (χ1v) is 5.49. The first-order chi connectivity index (χ1) is 8.59. The molecule has 1 aromatic heterocycles. The average Bonchev–Trinajstić information content (AvgIpc) is 2.38. The van der Waals surface area contributed by atoms with Crippen LogP contribution < -0.4 is 10.5 Å². The third kappa shape index (κ3) is 2.29. The summed E-state index contributed by atoms with van der Waals surface area (Å²) in [6, 6.07) is 10.3. The van der Waals surface area contributed by atoms with Gasteiger partial charge in [0.05, 0.1) is 0 Å². The molecule has 0 atom stereocenters. The molecule has 1 amide bonds. The van der Waals surface area contributed by atoms with Crippen molar-refractivity contribution in [2.24, 2.45) is 0 Å². The molecule has 18 heavy (non-hydrogen) atoms. The number of hydrogen-bond acceptors (Lipinski definition) is 3. The van der Waals surface area contributed by atoms with Gasteiger partial charge in [0.2, 0.25) is 0 Å². The number of amides is 1. The van der Waals surface area contributed by atoms with Gasteiger partial charge in [0.25, 0.3) is 11.5 Å².